The Morgan fingerprint density at radius 1 is 1.50 bits per heavy atom. The average molecular weight is 278 g/mol. The van der Waals surface area contributed by atoms with E-state index >= 15 is 0 Å². The van der Waals surface area contributed by atoms with Gasteiger partial charge in [0, 0.05) is 10.9 Å². The predicted octanol–water partition coefficient (Wildman–Crippen LogP) is 3.27. The van der Waals surface area contributed by atoms with Crippen molar-refractivity contribution >= 4 is 27.5 Å². The van der Waals surface area contributed by atoms with Crippen LogP contribution in [0.3, 0.4) is 0 Å². The highest BCUT2D eigenvalue weighted by atomic mass is 79.9. The van der Waals surface area contributed by atoms with Crippen molar-refractivity contribution in [1.82, 2.24) is 0 Å². The number of hydrogen-bond donors (Lipinski definition) is 0. The Morgan fingerprint density at radius 2 is 2.36 bits per heavy atom. The lowest BCUT2D eigenvalue weighted by Gasteiger charge is -2.12. The molecule has 14 heavy (non-hydrogen) atoms. The van der Waals surface area contributed by atoms with E-state index in [1.165, 1.54) is 0 Å². The largest absolute Gasteiger partial charge is 0.486 e. The average Bonchev–Trinajstić information content (AvgIpc) is 2.62. The summed E-state index contributed by atoms with van der Waals surface area (Å²) in [7, 11) is 0. The van der Waals surface area contributed by atoms with E-state index in [1.54, 1.807) is 0 Å². The molecule has 0 bridgehead atoms. The molecule has 2 nitrogen and oxygen atoms in total. The molecule has 0 aromatic heterocycles. The molecule has 1 unspecified atom stereocenters. The fourth-order valence-electron chi connectivity index (χ4n) is 1.36. The molecule has 0 aliphatic carbocycles. The van der Waals surface area contributed by atoms with Crippen molar-refractivity contribution in [3.63, 3.8) is 0 Å². The van der Waals surface area contributed by atoms with E-state index in [9.17, 15) is 0 Å². The predicted molar refractivity (Wildman–Crippen MR) is 59.0 cm³/mol. The van der Waals surface area contributed by atoms with Crippen LogP contribution in [0.25, 0.3) is 0 Å². The van der Waals surface area contributed by atoms with Crippen molar-refractivity contribution < 1.29 is 9.47 Å². The first-order chi connectivity index (χ1) is 6.75. The molecule has 1 aliphatic rings. The van der Waals surface area contributed by atoms with Gasteiger partial charge in [0.05, 0.1) is 18.2 Å². The van der Waals surface area contributed by atoms with Gasteiger partial charge in [-0.15, -0.1) is 0 Å². The summed E-state index contributed by atoms with van der Waals surface area (Å²) in [6.45, 7) is 1.44. The van der Waals surface area contributed by atoms with Crippen molar-refractivity contribution in [2.24, 2.45) is 0 Å². The Labute approximate surface area is 96.3 Å². The van der Waals surface area contributed by atoms with Crippen LogP contribution in [0.1, 0.15) is 6.42 Å². The second-order valence-corrected chi connectivity index (χ2v) is 4.50. The molecule has 1 fully saturated rings. The quantitative estimate of drug-likeness (QED) is 0.826. The van der Waals surface area contributed by atoms with Crippen molar-refractivity contribution in [3.05, 3.63) is 27.7 Å². The van der Waals surface area contributed by atoms with E-state index in [0.717, 1.165) is 23.2 Å². The first-order valence-electron chi connectivity index (χ1n) is 4.45. The summed E-state index contributed by atoms with van der Waals surface area (Å²) in [6.07, 6.45) is 1.08. The van der Waals surface area contributed by atoms with Crippen LogP contribution in [-0.4, -0.2) is 19.3 Å². The molecule has 0 saturated carbocycles. The standard InChI is InChI=1S/C10H10BrClO2/c11-7-1-2-10(9(12)5-7)14-8-3-4-13-6-8/h1-2,5,8H,3-4,6H2. The molecule has 0 spiro atoms. The van der Waals surface area contributed by atoms with Crippen molar-refractivity contribution in [3.8, 4) is 5.75 Å². The third-order valence-electron chi connectivity index (χ3n) is 2.08. The molecular formula is C10H10BrClO2. The van der Waals surface area contributed by atoms with Gasteiger partial charge in [0.15, 0.2) is 0 Å². The van der Waals surface area contributed by atoms with Crippen LogP contribution in [0.15, 0.2) is 22.7 Å². The summed E-state index contributed by atoms with van der Waals surface area (Å²) >= 11 is 9.36. The van der Waals surface area contributed by atoms with Gasteiger partial charge in [0.1, 0.15) is 11.9 Å². The zero-order chi connectivity index (χ0) is 9.97. The van der Waals surface area contributed by atoms with E-state index in [1.807, 2.05) is 18.2 Å². The molecule has 0 amide bonds. The summed E-state index contributed by atoms with van der Waals surface area (Å²) in [6, 6.07) is 5.61. The maximum atomic E-state index is 6.01. The van der Waals surface area contributed by atoms with Crippen molar-refractivity contribution in [2.75, 3.05) is 13.2 Å². The molecule has 0 radical (unpaired) electrons. The van der Waals surface area contributed by atoms with Crippen LogP contribution in [0, 0.1) is 0 Å². The molecule has 1 heterocycles. The minimum absolute atomic E-state index is 0.147. The molecule has 1 aliphatic heterocycles. The molecule has 1 saturated heterocycles. The summed E-state index contributed by atoms with van der Waals surface area (Å²) in [5.41, 5.74) is 0. The third-order valence-corrected chi connectivity index (χ3v) is 2.86. The lowest BCUT2D eigenvalue weighted by molar-refractivity contribution is 0.141. The van der Waals surface area contributed by atoms with Gasteiger partial charge < -0.3 is 9.47 Å². The zero-order valence-electron chi connectivity index (χ0n) is 7.50. The van der Waals surface area contributed by atoms with Crippen LogP contribution >= 0.6 is 27.5 Å². The second kappa shape index (κ2) is 4.51. The molecule has 1 atom stereocenters. The van der Waals surface area contributed by atoms with E-state index in [2.05, 4.69) is 15.9 Å². The maximum Gasteiger partial charge on any atom is 0.138 e. The molecule has 76 valence electrons. The fourth-order valence-corrected chi connectivity index (χ4v) is 2.07. The first kappa shape index (κ1) is 10.3. The van der Waals surface area contributed by atoms with E-state index < -0.39 is 0 Å². The first-order valence-corrected chi connectivity index (χ1v) is 5.62. The monoisotopic (exact) mass is 276 g/mol. The third kappa shape index (κ3) is 2.41. The highest BCUT2D eigenvalue weighted by Crippen LogP contribution is 2.29. The van der Waals surface area contributed by atoms with E-state index in [-0.39, 0.29) is 6.10 Å². The maximum absolute atomic E-state index is 6.01. The summed E-state index contributed by atoms with van der Waals surface area (Å²) in [5, 5.41) is 0.631. The summed E-state index contributed by atoms with van der Waals surface area (Å²) in [5.74, 6) is 0.727. The van der Waals surface area contributed by atoms with Crippen LogP contribution in [0.5, 0.6) is 5.75 Å². The van der Waals surface area contributed by atoms with Crippen LogP contribution < -0.4 is 4.74 Å². The number of ether oxygens (including phenoxy) is 2. The Kier molecular flexibility index (Phi) is 3.31. The van der Waals surface area contributed by atoms with Crippen molar-refractivity contribution in [1.29, 1.82) is 0 Å². The molecule has 2 rings (SSSR count). The molecule has 1 aromatic carbocycles. The fraction of sp³-hybridized carbons (Fsp3) is 0.400. The Hall–Kier alpha value is -0.250. The van der Waals surface area contributed by atoms with Crippen molar-refractivity contribution in [2.45, 2.75) is 12.5 Å². The Balaban J connectivity index is 2.08. The molecular weight excluding hydrogens is 267 g/mol. The number of halogens is 2. The zero-order valence-corrected chi connectivity index (χ0v) is 9.85. The minimum Gasteiger partial charge on any atom is -0.486 e. The van der Waals surface area contributed by atoms with Gasteiger partial charge >= 0.3 is 0 Å². The molecule has 4 heteroatoms. The molecule has 0 N–H and O–H groups in total. The van der Waals surface area contributed by atoms with Gasteiger partial charge in [-0.3, -0.25) is 0 Å². The van der Waals surface area contributed by atoms with Gasteiger partial charge in [-0.25, -0.2) is 0 Å². The number of benzene rings is 1. The van der Waals surface area contributed by atoms with Gasteiger partial charge in [-0.2, -0.15) is 0 Å². The molecule has 1 aromatic rings. The topological polar surface area (TPSA) is 18.5 Å². The van der Waals surface area contributed by atoms with Gasteiger partial charge in [-0.05, 0) is 18.2 Å². The Morgan fingerprint density at radius 3 is 3.00 bits per heavy atom. The van der Waals surface area contributed by atoms with Gasteiger partial charge in [-0.1, -0.05) is 27.5 Å². The lowest BCUT2D eigenvalue weighted by Crippen LogP contribution is -2.15. The summed E-state index contributed by atoms with van der Waals surface area (Å²) in [4.78, 5) is 0. The highest BCUT2D eigenvalue weighted by Gasteiger charge is 2.18. The van der Waals surface area contributed by atoms with Crippen LogP contribution in [0.4, 0.5) is 0 Å². The van der Waals surface area contributed by atoms with Gasteiger partial charge in [0.25, 0.3) is 0 Å². The smallest absolute Gasteiger partial charge is 0.138 e. The van der Waals surface area contributed by atoms with Crippen LogP contribution in [0.2, 0.25) is 5.02 Å². The number of rotatable bonds is 2. The normalized spacial score (nSPS) is 21.1. The Bertz CT molecular complexity index is 324. The van der Waals surface area contributed by atoms with Crippen LogP contribution in [-0.2, 0) is 4.74 Å². The minimum atomic E-state index is 0.147. The SMILES string of the molecule is Clc1cc(Br)ccc1OC1CCOC1. The second-order valence-electron chi connectivity index (χ2n) is 3.18. The van der Waals surface area contributed by atoms with Gasteiger partial charge in [0.2, 0.25) is 0 Å². The summed E-state index contributed by atoms with van der Waals surface area (Å²) < 4.78 is 11.9. The van der Waals surface area contributed by atoms with E-state index in [4.69, 9.17) is 21.1 Å². The van der Waals surface area contributed by atoms with E-state index in [0.29, 0.717) is 11.6 Å². The lowest BCUT2D eigenvalue weighted by atomic mass is 10.3. The highest BCUT2D eigenvalue weighted by molar-refractivity contribution is 9.10. The number of hydrogen-bond acceptors (Lipinski definition) is 2.